The highest BCUT2D eigenvalue weighted by molar-refractivity contribution is 9.10. The summed E-state index contributed by atoms with van der Waals surface area (Å²) in [6, 6.07) is 9.79. The van der Waals surface area contributed by atoms with Crippen molar-refractivity contribution < 1.29 is 0 Å². The van der Waals surface area contributed by atoms with Crippen LogP contribution in [0.5, 0.6) is 0 Å². The van der Waals surface area contributed by atoms with Crippen molar-refractivity contribution in [2.75, 3.05) is 11.9 Å². The fraction of sp³-hybridized carbons (Fsp3) is 0.143. The summed E-state index contributed by atoms with van der Waals surface area (Å²) in [7, 11) is 1.95. The van der Waals surface area contributed by atoms with Gasteiger partial charge in [0.2, 0.25) is 0 Å². The molecule has 0 spiro atoms. The van der Waals surface area contributed by atoms with Crippen LogP contribution in [0.25, 0.3) is 0 Å². The maximum atomic E-state index is 5.76. The predicted octanol–water partition coefficient (Wildman–Crippen LogP) is 3.55. The van der Waals surface area contributed by atoms with Crippen LogP contribution in [0.15, 0.2) is 41.0 Å². The number of rotatable bonds is 3. The monoisotopic (exact) mass is 335 g/mol. The summed E-state index contributed by atoms with van der Waals surface area (Å²) in [6.07, 6.45) is 1.80. The number of pyridine rings is 1. The highest BCUT2D eigenvalue weighted by atomic mass is 79.9. The Labute approximate surface area is 126 Å². The Bertz CT molecular complexity index is 628. The molecule has 0 fully saturated rings. The third kappa shape index (κ3) is 2.93. The van der Waals surface area contributed by atoms with Gasteiger partial charge in [-0.15, -0.1) is 0 Å². The number of nitrogens with zero attached hydrogens (tertiary/aromatic N) is 2. The molecule has 0 aliphatic rings. The fourth-order valence-corrected chi connectivity index (χ4v) is 2.20. The van der Waals surface area contributed by atoms with Gasteiger partial charge in [-0.3, -0.25) is 0 Å². The number of para-hydroxylation sites is 1. The molecule has 0 saturated heterocycles. The van der Waals surface area contributed by atoms with Gasteiger partial charge in [-0.05, 0) is 46.6 Å². The van der Waals surface area contributed by atoms with Gasteiger partial charge < -0.3 is 10.6 Å². The number of thiocarbonyl (C=S) groups is 1. The average Bonchev–Trinajstić information content (AvgIpc) is 2.41. The van der Waals surface area contributed by atoms with Crippen LogP contribution in [-0.4, -0.2) is 17.0 Å². The SMILES string of the molecule is Cc1cc(N(C)c2ccccc2C(N)=S)ncc1Br. The highest BCUT2D eigenvalue weighted by Gasteiger charge is 2.12. The smallest absolute Gasteiger partial charge is 0.133 e. The second-order valence-corrected chi connectivity index (χ2v) is 5.53. The van der Waals surface area contributed by atoms with Crippen molar-refractivity contribution in [3.63, 3.8) is 0 Å². The first-order chi connectivity index (χ1) is 9.00. The maximum Gasteiger partial charge on any atom is 0.133 e. The van der Waals surface area contributed by atoms with E-state index in [0.717, 1.165) is 27.1 Å². The Balaban J connectivity index is 2.46. The first-order valence-electron chi connectivity index (χ1n) is 5.75. The summed E-state index contributed by atoms with van der Waals surface area (Å²) >= 11 is 8.54. The Morgan fingerprint density at radius 2 is 2.05 bits per heavy atom. The van der Waals surface area contributed by atoms with Crippen LogP contribution in [0.3, 0.4) is 0 Å². The molecule has 0 amide bonds. The molecule has 2 N–H and O–H groups in total. The van der Waals surface area contributed by atoms with Crippen LogP contribution in [0.1, 0.15) is 11.1 Å². The Hall–Kier alpha value is -1.46. The second kappa shape index (κ2) is 5.67. The molecule has 19 heavy (non-hydrogen) atoms. The van der Waals surface area contributed by atoms with Gasteiger partial charge in [0.1, 0.15) is 10.8 Å². The molecule has 3 nitrogen and oxygen atoms in total. The van der Waals surface area contributed by atoms with Gasteiger partial charge in [-0.2, -0.15) is 0 Å². The molecular weight excluding hydrogens is 322 g/mol. The van der Waals surface area contributed by atoms with Gasteiger partial charge in [-0.25, -0.2) is 4.98 Å². The van der Waals surface area contributed by atoms with Crippen LogP contribution < -0.4 is 10.6 Å². The molecule has 0 aliphatic carbocycles. The van der Waals surface area contributed by atoms with E-state index in [-0.39, 0.29) is 0 Å². The van der Waals surface area contributed by atoms with E-state index in [2.05, 4.69) is 20.9 Å². The lowest BCUT2D eigenvalue weighted by Crippen LogP contribution is -2.18. The molecule has 1 aromatic carbocycles. The number of aromatic nitrogens is 1. The fourth-order valence-electron chi connectivity index (χ4n) is 1.81. The molecule has 0 unspecified atom stereocenters. The minimum Gasteiger partial charge on any atom is -0.389 e. The van der Waals surface area contributed by atoms with Gasteiger partial charge >= 0.3 is 0 Å². The Kier molecular flexibility index (Phi) is 4.17. The third-order valence-electron chi connectivity index (χ3n) is 2.91. The zero-order valence-corrected chi connectivity index (χ0v) is 13.1. The summed E-state index contributed by atoms with van der Waals surface area (Å²) in [5.41, 5.74) is 8.69. The summed E-state index contributed by atoms with van der Waals surface area (Å²) in [4.78, 5) is 6.78. The zero-order chi connectivity index (χ0) is 14.0. The molecule has 0 aliphatic heterocycles. The summed E-state index contributed by atoms with van der Waals surface area (Å²) in [5, 5.41) is 0. The lowest BCUT2D eigenvalue weighted by molar-refractivity contribution is 1.11. The minimum atomic E-state index is 0.385. The van der Waals surface area contributed by atoms with E-state index in [9.17, 15) is 0 Å². The first kappa shape index (κ1) is 14.0. The van der Waals surface area contributed by atoms with E-state index in [1.54, 1.807) is 6.20 Å². The van der Waals surface area contributed by atoms with Crippen LogP contribution in [0.4, 0.5) is 11.5 Å². The normalized spacial score (nSPS) is 10.3. The van der Waals surface area contributed by atoms with E-state index in [0.29, 0.717) is 4.99 Å². The highest BCUT2D eigenvalue weighted by Crippen LogP contribution is 2.27. The minimum absolute atomic E-state index is 0.385. The van der Waals surface area contributed by atoms with Gasteiger partial charge in [0.15, 0.2) is 0 Å². The molecular formula is C14H14BrN3S. The molecule has 2 aromatic rings. The zero-order valence-electron chi connectivity index (χ0n) is 10.7. The first-order valence-corrected chi connectivity index (χ1v) is 6.95. The number of hydrogen-bond acceptors (Lipinski definition) is 3. The van der Waals surface area contributed by atoms with Crippen molar-refractivity contribution in [1.29, 1.82) is 0 Å². The average molecular weight is 336 g/mol. The van der Waals surface area contributed by atoms with Crippen molar-refractivity contribution in [2.24, 2.45) is 5.73 Å². The van der Waals surface area contributed by atoms with Crippen LogP contribution >= 0.6 is 28.1 Å². The molecule has 0 saturated carbocycles. The standard InChI is InChI=1S/C14H14BrN3S/c1-9-7-13(17-8-11(9)15)18(2)12-6-4-3-5-10(12)14(16)19/h3-8H,1-2H3,(H2,16,19). The Morgan fingerprint density at radius 3 is 2.68 bits per heavy atom. The summed E-state index contributed by atoms with van der Waals surface area (Å²) in [5.74, 6) is 0.851. The predicted molar refractivity (Wildman–Crippen MR) is 87.1 cm³/mol. The number of hydrogen-bond donors (Lipinski definition) is 1. The Morgan fingerprint density at radius 1 is 1.37 bits per heavy atom. The van der Waals surface area contributed by atoms with E-state index in [1.807, 2.05) is 49.2 Å². The number of nitrogens with two attached hydrogens (primary N) is 1. The van der Waals surface area contributed by atoms with Crippen LogP contribution in [0.2, 0.25) is 0 Å². The molecule has 0 bridgehead atoms. The number of benzene rings is 1. The molecule has 5 heteroatoms. The van der Waals surface area contributed by atoms with Crippen molar-refractivity contribution in [3.05, 3.63) is 52.1 Å². The van der Waals surface area contributed by atoms with E-state index in [1.165, 1.54) is 0 Å². The molecule has 0 atom stereocenters. The van der Waals surface area contributed by atoms with Gasteiger partial charge in [-0.1, -0.05) is 24.4 Å². The summed E-state index contributed by atoms with van der Waals surface area (Å²) < 4.78 is 0.993. The van der Waals surface area contributed by atoms with Crippen molar-refractivity contribution in [2.45, 2.75) is 6.92 Å². The molecule has 98 valence electrons. The maximum absolute atomic E-state index is 5.76. The lowest BCUT2D eigenvalue weighted by Gasteiger charge is -2.21. The van der Waals surface area contributed by atoms with Crippen molar-refractivity contribution >= 4 is 44.6 Å². The van der Waals surface area contributed by atoms with Crippen molar-refractivity contribution in [3.8, 4) is 0 Å². The van der Waals surface area contributed by atoms with Gasteiger partial charge in [0, 0.05) is 23.3 Å². The van der Waals surface area contributed by atoms with E-state index >= 15 is 0 Å². The van der Waals surface area contributed by atoms with Crippen LogP contribution in [-0.2, 0) is 0 Å². The summed E-state index contributed by atoms with van der Waals surface area (Å²) in [6.45, 7) is 2.03. The van der Waals surface area contributed by atoms with E-state index < -0.39 is 0 Å². The molecule has 0 radical (unpaired) electrons. The molecule has 2 rings (SSSR count). The van der Waals surface area contributed by atoms with Gasteiger partial charge in [0.25, 0.3) is 0 Å². The lowest BCUT2D eigenvalue weighted by atomic mass is 10.1. The topological polar surface area (TPSA) is 42.1 Å². The molecule has 1 aromatic heterocycles. The molecule has 1 heterocycles. The number of halogens is 1. The third-order valence-corrected chi connectivity index (χ3v) is 3.96. The van der Waals surface area contributed by atoms with Gasteiger partial charge in [0.05, 0.1) is 5.69 Å². The number of aryl methyl sites for hydroxylation is 1. The second-order valence-electron chi connectivity index (χ2n) is 4.23. The van der Waals surface area contributed by atoms with Crippen molar-refractivity contribution in [1.82, 2.24) is 4.98 Å². The van der Waals surface area contributed by atoms with Crippen LogP contribution in [0, 0.1) is 6.92 Å². The van der Waals surface area contributed by atoms with E-state index in [4.69, 9.17) is 18.0 Å². The number of anilines is 2. The quantitative estimate of drug-likeness (QED) is 0.871. The largest absolute Gasteiger partial charge is 0.389 e.